The van der Waals surface area contributed by atoms with Gasteiger partial charge in [-0.2, -0.15) is 0 Å². The number of carbonyl (C=O) groups is 3. The minimum atomic E-state index is -0.996. The smallest absolute Gasteiger partial charge is 0.329 e. The number of hydrogen-bond acceptors (Lipinski definition) is 5. The van der Waals surface area contributed by atoms with E-state index in [1.54, 1.807) is 0 Å². The Kier molecular flexibility index (Phi) is 5.25. The number of ether oxygens (including phenoxy) is 1. The summed E-state index contributed by atoms with van der Waals surface area (Å²) >= 11 is 0. The van der Waals surface area contributed by atoms with Crippen molar-refractivity contribution in [3.63, 3.8) is 0 Å². The highest BCUT2D eigenvalue weighted by molar-refractivity contribution is 5.94. The first-order valence-electron chi connectivity index (χ1n) is 5.94. The van der Waals surface area contributed by atoms with Crippen LogP contribution in [-0.4, -0.2) is 66.8 Å². The Morgan fingerprint density at radius 3 is 2.53 bits per heavy atom. The number of carboxylic acid groups (broad SMARTS) is 1. The Bertz CT molecular complexity index is 365. The molecule has 1 fully saturated rings. The molecule has 0 saturated carbocycles. The molecule has 0 unspecified atom stereocenters. The van der Waals surface area contributed by atoms with Crippen molar-refractivity contribution >= 4 is 17.9 Å². The highest BCUT2D eigenvalue weighted by Crippen LogP contribution is 2.24. The summed E-state index contributed by atoms with van der Waals surface area (Å²) in [7, 11) is 1.43. The van der Waals surface area contributed by atoms with Gasteiger partial charge in [-0.1, -0.05) is 0 Å². The van der Waals surface area contributed by atoms with Gasteiger partial charge in [-0.15, -0.1) is 0 Å². The van der Waals surface area contributed by atoms with Gasteiger partial charge in [-0.05, 0) is 6.92 Å². The van der Waals surface area contributed by atoms with Gasteiger partial charge in [0.05, 0.1) is 5.60 Å². The third-order valence-corrected chi connectivity index (χ3v) is 2.80. The second-order valence-corrected chi connectivity index (χ2v) is 4.72. The van der Waals surface area contributed by atoms with E-state index in [0.717, 1.165) is 0 Å². The van der Waals surface area contributed by atoms with E-state index in [1.165, 1.54) is 7.05 Å². The fraction of sp³-hybridized carbons (Fsp3) is 0.727. The number of amides is 3. The van der Waals surface area contributed by atoms with Gasteiger partial charge in [0, 0.05) is 33.1 Å². The summed E-state index contributed by atoms with van der Waals surface area (Å²) in [6, 6.07) is -0.525. The summed E-state index contributed by atoms with van der Waals surface area (Å²) in [6.07, 6.45) is 0.211. The zero-order valence-corrected chi connectivity index (χ0v) is 11.1. The van der Waals surface area contributed by atoms with Crippen LogP contribution in [0.25, 0.3) is 0 Å². The number of urea groups is 1. The first-order valence-corrected chi connectivity index (χ1v) is 5.94. The maximum absolute atomic E-state index is 11.3. The standard InChI is InChI=1S/C11H19N3O5/c1-11(19-5-9(16)17)6-14(7-11)4-3-8(15)13-10(18)12-2/h3-7H2,1-2H3,(H,16,17)(H2,12,13,15,18). The Balaban J connectivity index is 2.16. The Labute approximate surface area is 111 Å². The lowest BCUT2D eigenvalue weighted by atomic mass is 9.96. The number of likely N-dealkylation sites (tertiary alicyclic amines) is 1. The van der Waals surface area contributed by atoms with E-state index in [9.17, 15) is 14.4 Å². The van der Waals surface area contributed by atoms with Gasteiger partial charge in [-0.3, -0.25) is 15.0 Å². The second-order valence-electron chi connectivity index (χ2n) is 4.72. The number of rotatable bonds is 6. The van der Waals surface area contributed by atoms with Crippen molar-refractivity contribution in [3.8, 4) is 0 Å². The summed E-state index contributed by atoms with van der Waals surface area (Å²) in [5, 5.41) is 13.0. The molecule has 1 heterocycles. The van der Waals surface area contributed by atoms with E-state index in [2.05, 4.69) is 10.6 Å². The van der Waals surface area contributed by atoms with Crippen molar-refractivity contribution in [2.75, 3.05) is 33.3 Å². The van der Waals surface area contributed by atoms with Gasteiger partial charge in [0.25, 0.3) is 0 Å². The zero-order chi connectivity index (χ0) is 14.5. The molecule has 0 aromatic rings. The van der Waals surface area contributed by atoms with Crippen molar-refractivity contribution in [2.24, 2.45) is 0 Å². The van der Waals surface area contributed by atoms with Crippen molar-refractivity contribution in [1.29, 1.82) is 0 Å². The molecule has 0 aromatic heterocycles. The summed E-state index contributed by atoms with van der Waals surface area (Å²) in [6.45, 7) is 3.18. The van der Waals surface area contributed by atoms with Crippen molar-refractivity contribution < 1.29 is 24.2 Å². The van der Waals surface area contributed by atoms with Crippen LogP contribution in [0.5, 0.6) is 0 Å². The molecule has 1 saturated heterocycles. The molecular weight excluding hydrogens is 254 g/mol. The molecule has 0 spiro atoms. The molecule has 3 N–H and O–H groups in total. The molecule has 1 aliphatic heterocycles. The van der Waals surface area contributed by atoms with Gasteiger partial charge in [-0.25, -0.2) is 9.59 Å². The molecule has 0 atom stereocenters. The molecular formula is C11H19N3O5. The van der Waals surface area contributed by atoms with Gasteiger partial charge in [0.1, 0.15) is 6.61 Å². The molecule has 0 aliphatic carbocycles. The third kappa shape index (κ3) is 5.23. The van der Waals surface area contributed by atoms with Crippen LogP contribution < -0.4 is 10.6 Å². The van der Waals surface area contributed by atoms with Crippen LogP contribution in [0.3, 0.4) is 0 Å². The van der Waals surface area contributed by atoms with E-state index in [-0.39, 0.29) is 18.9 Å². The van der Waals surface area contributed by atoms with Crippen molar-refractivity contribution in [2.45, 2.75) is 18.9 Å². The predicted octanol–water partition coefficient (Wildman–Crippen LogP) is -0.992. The molecule has 1 aliphatic rings. The molecule has 8 heteroatoms. The van der Waals surface area contributed by atoms with E-state index in [1.807, 2.05) is 11.8 Å². The van der Waals surface area contributed by atoms with Crippen LogP contribution in [0.15, 0.2) is 0 Å². The fourth-order valence-corrected chi connectivity index (χ4v) is 1.90. The lowest BCUT2D eigenvalue weighted by Gasteiger charge is -2.47. The topological polar surface area (TPSA) is 108 Å². The third-order valence-electron chi connectivity index (χ3n) is 2.80. The van der Waals surface area contributed by atoms with Crippen LogP contribution in [-0.2, 0) is 14.3 Å². The Morgan fingerprint density at radius 2 is 2.00 bits per heavy atom. The molecule has 8 nitrogen and oxygen atoms in total. The van der Waals surface area contributed by atoms with E-state index in [4.69, 9.17) is 9.84 Å². The molecule has 19 heavy (non-hydrogen) atoms. The highest BCUT2D eigenvalue weighted by Gasteiger charge is 2.39. The van der Waals surface area contributed by atoms with Crippen LogP contribution in [0.1, 0.15) is 13.3 Å². The zero-order valence-electron chi connectivity index (χ0n) is 11.1. The van der Waals surface area contributed by atoms with E-state index >= 15 is 0 Å². The molecule has 3 amide bonds. The van der Waals surface area contributed by atoms with E-state index < -0.39 is 17.6 Å². The number of carbonyl (C=O) groups excluding carboxylic acids is 2. The van der Waals surface area contributed by atoms with Crippen LogP contribution in [0.2, 0.25) is 0 Å². The van der Waals surface area contributed by atoms with Gasteiger partial charge in [0.2, 0.25) is 5.91 Å². The Morgan fingerprint density at radius 1 is 1.37 bits per heavy atom. The molecule has 1 rings (SSSR count). The number of aliphatic carboxylic acids is 1. The summed E-state index contributed by atoms with van der Waals surface area (Å²) in [5.41, 5.74) is -0.463. The van der Waals surface area contributed by atoms with Crippen LogP contribution >= 0.6 is 0 Å². The number of hydrogen-bond donors (Lipinski definition) is 3. The molecule has 108 valence electrons. The van der Waals surface area contributed by atoms with E-state index in [0.29, 0.717) is 19.6 Å². The lowest BCUT2D eigenvalue weighted by molar-refractivity contribution is -0.164. The number of nitrogens with one attached hydrogen (secondary N) is 2. The molecule has 0 bridgehead atoms. The van der Waals surface area contributed by atoms with Gasteiger partial charge < -0.3 is 15.2 Å². The fourth-order valence-electron chi connectivity index (χ4n) is 1.90. The number of imide groups is 1. The normalized spacial score (nSPS) is 17.4. The summed E-state index contributed by atoms with van der Waals surface area (Å²) in [4.78, 5) is 34.5. The average molecular weight is 273 g/mol. The monoisotopic (exact) mass is 273 g/mol. The van der Waals surface area contributed by atoms with Crippen molar-refractivity contribution in [1.82, 2.24) is 15.5 Å². The maximum atomic E-state index is 11.3. The Hall–Kier alpha value is -1.67. The molecule has 0 aromatic carbocycles. The lowest BCUT2D eigenvalue weighted by Crippen LogP contribution is -2.62. The minimum absolute atomic E-state index is 0.211. The molecule has 0 radical (unpaired) electrons. The second kappa shape index (κ2) is 6.48. The SMILES string of the molecule is CNC(=O)NC(=O)CCN1CC(C)(OCC(=O)O)C1. The first kappa shape index (κ1) is 15.4. The largest absolute Gasteiger partial charge is 0.480 e. The quantitative estimate of drug-likeness (QED) is 0.573. The van der Waals surface area contributed by atoms with Crippen LogP contribution in [0, 0.1) is 0 Å². The minimum Gasteiger partial charge on any atom is -0.480 e. The maximum Gasteiger partial charge on any atom is 0.329 e. The van der Waals surface area contributed by atoms with Crippen molar-refractivity contribution in [3.05, 3.63) is 0 Å². The number of carboxylic acids is 1. The highest BCUT2D eigenvalue weighted by atomic mass is 16.5. The van der Waals surface area contributed by atoms with Gasteiger partial charge in [0.15, 0.2) is 0 Å². The number of nitrogens with zero attached hydrogens (tertiary/aromatic N) is 1. The predicted molar refractivity (Wildman–Crippen MR) is 65.6 cm³/mol. The first-order chi connectivity index (χ1) is 8.84. The average Bonchev–Trinajstić information content (AvgIpc) is 2.30. The summed E-state index contributed by atoms with van der Waals surface area (Å²) in [5.74, 6) is -1.34. The van der Waals surface area contributed by atoms with Crippen LogP contribution in [0.4, 0.5) is 4.79 Å². The summed E-state index contributed by atoms with van der Waals surface area (Å²) < 4.78 is 5.24. The van der Waals surface area contributed by atoms with Gasteiger partial charge >= 0.3 is 12.0 Å².